The van der Waals surface area contributed by atoms with Crippen molar-refractivity contribution in [2.75, 3.05) is 17.2 Å². The number of rotatable bonds is 4. The van der Waals surface area contributed by atoms with Crippen molar-refractivity contribution in [3.8, 4) is 0 Å². The van der Waals surface area contributed by atoms with E-state index in [0.29, 0.717) is 12.4 Å². The van der Waals surface area contributed by atoms with Crippen LogP contribution in [0.1, 0.15) is 6.92 Å². The minimum Gasteiger partial charge on any atom is -0.370 e. The highest BCUT2D eigenvalue weighted by Crippen LogP contribution is 2.27. The Morgan fingerprint density at radius 3 is 2.30 bits per heavy atom. The van der Waals surface area contributed by atoms with Gasteiger partial charge in [-0.05, 0) is 13.0 Å². The van der Waals surface area contributed by atoms with E-state index in [1.54, 1.807) is 0 Å². The molecule has 0 aliphatic heterocycles. The molecule has 7 heteroatoms. The smallest absolute Gasteiger partial charge is 0.185 e. The molecule has 0 fully saturated rings. The number of hydrogen-bond donors (Lipinski definition) is 2. The second kappa shape index (κ2) is 5.77. The maximum Gasteiger partial charge on any atom is 0.185 e. The summed E-state index contributed by atoms with van der Waals surface area (Å²) in [5.74, 6) is -5.42. The van der Waals surface area contributed by atoms with Gasteiger partial charge in [-0.1, -0.05) is 0 Å². The van der Waals surface area contributed by atoms with E-state index in [9.17, 15) is 17.6 Å². The summed E-state index contributed by atoms with van der Waals surface area (Å²) in [6.45, 7) is 2.46. The van der Waals surface area contributed by atoms with Gasteiger partial charge in [0.15, 0.2) is 23.3 Å². The Labute approximate surface area is 112 Å². The normalized spacial score (nSPS) is 10.4. The van der Waals surface area contributed by atoms with Crippen LogP contribution in [0.5, 0.6) is 0 Å². The third-order valence-corrected chi connectivity index (χ3v) is 2.50. The van der Waals surface area contributed by atoms with E-state index in [1.165, 1.54) is 18.3 Å². The van der Waals surface area contributed by atoms with Crippen molar-refractivity contribution in [3.63, 3.8) is 0 Å². The van der Waals surface area contributed by atoms with Crippen LogP contribution in [0.25, 0.3) is 0 Å². The molecule has 0 aliphatic rings. The van der Waals surface area contributed by atoms with E-state index in [2.05, 4.69) is 15.6 Å². The molecule has 0 bridgehead atoms. The summed E-state index contributed by atoms with van der Waals surface area (Å²) in [5, 5.41) is 5.21. The van der Waals surface area contributed by atoms with Crippen LogP contribution in [0.3, 0.4) is 0 Å². The van der Waals surface area contributed by atoms with E-state index in [4.69, 9.17) is 0 Å². The first-order chi connectivity index (χ1) is 9.52. The molecule has 0 spiro atoms. The summed E-state index contributed by atoms with van der Waals surface area (Å²) in [6.07, 6.45) is 1.39. The Morgan fingerprint density at radius 1 is 1.05 bits per heavy atom. The van der Waals surface area contributed by atoms with Crippen molar-refractivity contribution < 1.29 is 17.6 Å². The van der Waals surface area contributed by atoms with Crippen LogP contribution in [0.2, 0.25) is 0 Å². The molecule has 2 N–H and O–H groups in total. The number of hydrogen-bond acceptors (Lipinski definition) is 3. The number of benzene rings is 1. The fourth-order valence-electron chi connectivity index (χ4n) is 1.61. The van der Waals surface area contributed by atoms with Crippen molar-refractivity contribution in [3.05, 3.63) is 47.7 Å². The Kier molecular flexibility index (Phi) is 4.07. The number of nitrogens with one attached hydrogen (secondary N) is 2. The van der Waals surface area contributed by atoms with Crippen LogP contribution in [-0.4, -0.2) is 11.5 Å². The average molecular weight is 285 g/mol. The molecule has 2 rings (SSSR count). The molecule has 106 valence electrons. The van der Waals surface area contributed by atoms with E-state index in [-0.39, 0.29) is 11.8 Å². The fourth-order valence-corrected chi connectivity index (χ4v) is 1.61. The predicted octanol–water partition coefficient (Wildman–Crippen LogP) is 3.81. The molecule has 3 nitrogen and oxygen atoms in total. The van der Waals surface area contributed by atoms with Gasteiger partial charge in [0.25, 0.3) is 0 Å². The standard InChI is InChI=1S/C13H11F4N3/c1-2-18-10-5-7(3-4-19-10)20-13-11(16)8(14)6-9(15)12(13)17/h3-6H,2H2,1H3,(H2,18,19,20). The average Bonchev–Trinajstić information content (AvgIpc) is 2.42. The minimum absolute atomic E-state index is 0.159. The van der Waals surface area contributed by atoms with Crippen molar-refractivity contribution in [2.24, 2.45) is 0 Å². The first-order valence-corrected chi connectivity index (χ1v) is 5.83. The van der Waals surface area contributed by atoms with Gasteiger partial charge in [-0.25, -0.2) is 22.5 Å². The van der Waals surface area contributed by atoms with Gasteiger partial charge in [-0.3, -0.25) is 0 Å². The zero-order valence-corrected chi connectivity index (χ0v) is 10.5. The number of anilines is 3. The van der Waals surface area contributed by atoms with Crippen LogP contribution in [0, 0.1) is 23.3 Å². The van der Waals surface area contributed by atoms with Crippen LogP contribution in [0.15, 0.2) is 24.4 Å². The Bertz CT molecular complexity index is 605. The molecule has 20 heavy (non-hydrogen) atoms. The maximum atomic E-state index is 13.5. The third-order valence-electron chi connectivity index (χ3n) is 2.50. The molecular weight excluding hydrogens is 274 g/mol. The Balaban J connectivity index is 2.37. The SMILES string of the molecule is CCNc1cc(Nc2c(F)c(F)cc(F)c2F)ccn1. The van der Waals surface area contributed by atoms with Crippen LogP contribution >= 0.6 is 0 Å². The highest BCUT2D eigenvalue weighted by Gasteiger charge is 2.19. The van der Waals surface area contributed by atoms with Gasteiger partial charge in [0.2, 0.25) is 0 Å². The van der Waals surface area contributed by atoms with Gasteiger partial charge in [0.05, 0.1) is 0 Å². The van der Waals surface area contributed by atoms with Crippen molar-refractivity contribution in [2.45, 2.75) is 6.92 Å². The second-order valence-corrected chi connectivity index (χ2v) is 3.93. The largest absolute Gasteiger partial charge is 0.370 e. The van der Waals surface area contributed by atoms with Gasteiger partial charge >= 0.3 is 0 Å². The summed E-state index contributed by atoms with van der Waals surface area (Å²) < 4.78 is 53.2. The summed E-state index contributed by atoms with van der Waals surface area (Å²) in [6, 6.07) is 3.04. The lowest BCUT2D eigenvalue weighted by atomic mass is 10.2. The quantitative estimate of drug-likeness (QED) is 0.662. The number of aromatic nitrogens is 1. The summed E-state index contributed by atoms with van der Waals surface area (Å²) in [5.41, 5.74) is -0.630. The van der Waals surface area contributed by atoms with Gasteiger partial charge in [0, 0.05) is 30.6 Å². The summed E-state index contributed by atoms with van der Waals surface area (Å²) in [4.78, 5) is 3.96. The molecule has 0 saturated carbocycles. The molecule has 0 amide bonds. The lowest BCUT2D eigenvalue weighted by Crippen LogP contribution is -2.04. The molecule has 2 aromatic rings. The molecule has 0 saturated heterocycles. The van der Waals surface area contributed by atoms with Gasteiger partial charge in [-0.2, -0.15) is 0 Å². The Morgan fingerprint density at radius 2 is 1.70 bits per heavy atom. The summed E-state index contributed by atoms with van der Waals surface area (Å²) >= 11 is 0. The monoisotopic (exact) mass is 285 g/mol. The molecule has 0 radical (unpaired) electrons. The molecule has 1 heterocycles. The molecule has 0 aliphatic carbocycles. The van der Waals surface area contributed by atoms with E-state index >= 15 is 0 Å². The van der Waals surface area contributed by atoms with E-state index < -0.39 is 29.0 Å². The number of pyridine rings is 1. The van der Waals surface area contributed by atoms with Gasteiger partial charge in [0.1, 0.15) is 11.5 Å². The lowest BCUT2D eigenvalue weighted by Gasteiger charge is -2.11. The first kappa shape index (κ1) is 14.1. The fraction of sp³-hybridized carbons (Fsp3) is 0.154. The first-order valence-electron chi connectivity index (χ1n) is 5.83. The van der Waals surface area contributed by atoms with Gasteiger partial charge < -0.3 is 10.6 Å². The van der Waals surface area contributed by atoms with E-state index in [1.807, 2.05) is 6.92 Å². The van der Waals surface area contributed by atoms with Gasteiger partial charge in [-0.15, -0.1) is 0 Å². The predicted molar refractivity (Wildman–Crippen MR) is 68.0 cm³/mol. The van der Waals surface area contributed by atoms with Crippen molar-refractivity contribution in [1.82, 2.24) is 4.98 Å². The summed E-state index contributed by atoms with van der Waals surface area (Å²) in [7, 11) is 0. The maximum absolute atomic E-state index is 13.5. The topological polar surface area (TPSA) is 37.0 Å². The molecule has 0 unspecified atom stereocenters. The number of nitrogens with zero attached hydrogens (tertiary/aromatic N) is 1. The Hall–Kier alpha value is -2.31. The zero-order valence-electron chi connectivity index (χ0n) is 10.5. The number of halogens is 4. The minimum atomic E-state index is -1.48. The molecular formula is C13H11F4N3. The second-order valence-electron chi connectivity index (χ2n) is 3.93. The van der Waals surface area contributed by atoms with Crippen LogP contribution < -0.4 is 10.6 Å². The van der Waals surface area contributed by atoms with Crippen molar-refractivity contribution in [1.29, 1.82) is 0 Å². The van der Waals surface area contributed by atoms with Crippen LogP contribution in [0.4, 0.5) is 34.8 Å². The third kappa shape index (κ3) is 2.81. The molecule has 0 atom stereocenters. The molecule has 1 aromatic carbocycles. The molecule has 1 aromatic heterocycles. The van der Waals surface area contributed by atoms with Crippen molar-refractivity contribution >= 4 is 17.2 Å². The lowest BCUT2D eigenvalue weighted by molar-refractivity contribution is 0.459. The van der Waals surface area contributed by atoms with E-state index in [0.717, 1.165) is 0 Å². The zero-order chi connectivity index (χ0) is 14.7. The van der Waals surface area contributed by atoms with Crippen LogP contribution in [-0.2, 0) is 0 Å². The highest BCUT2D eigenvalue weighted by atomic mass is 19.2. The highest BCUT2D eigenvalue weighted by molar-refractivity contribution is 5.63.